The quantitative estimate of drug-likeness (QED) is 0.747. The zero-order chi connectivity index (χ0) is 15.2. The van der Waals surface area contributed by atoms with Crippen molar-refractivity contribution in [3.8, 4) is 11.8 Å². The van der Waals surface area contributed by atoms with Gasteiger partial charge in [0.05, 0.1) is 0 Å². The van der Waals surface area contributed by atoms with Crippen LogP contribution in [0.2, 0.25) is 0 Å². The number of aromatic nitrogens is 1. The Morgan fingerprint density at radius 1 is 1.00 bits per heavy atom. The monoisotopic (exact) mass is 287 g/mol. The summed E-state index contributed by atoms with van der Waals surface area (Å²) in [4.78, 5) is 4.07. The molecule has 3 aromatic rings. The van der Waals surface area contributed by atoms with Crippen LogP contribution in [-0.2, 0) is 6.42 Å². The summed E-state index contributed by atoms with van der Waals surface area (Å²) in [6, 6.07) is 18.2. The molecule has 1 unspecified atom stereocenters. The van der Waals surface area contributed by atoms with Gasteiger partial charge < -0.3 is 5.11 Å². The van der Waals surface area contributed by atoms with E-state index in [0.717, 1.165) is 17.5 Å². The van der Waals surface area contributed by atoms with Crippen LogP contribution in [0.3, 0.4) is 0 Å². The van der Waals surface area contributed by atoms with E-state index in [4.69, 9.17) is 0 Å². The van der Waals surface area contributed by atoms with Gasteiger partial charge in [-0.05, 0) is 47.4 Å². The first-order valence-corrected chi connectivity index (χ1v) is 7.38. The van der Waals surface area contributed by atoms with Crippen molar-refractivity contribution in [2.45, 2.75) is 18.9 Å². The highest BCUT2D eigenvalue weighted by molar-refractivity contribution is 5.83. The summed E-state index contributed by atoms with van der Waals surface area (Å²) in [6.07, 6.45) is 4.35. The fourth-order valence-electron chi connectivity index (χ4n) is 2.36. The molecule has 22 heavy (non-hydrogen) atoms. The molecule has 3 rings (SSSR count). The molecule has 1 atom stereocenters. The number of aryl methyl sites for hydroxylation is 1. The van der Waals surface area contributed by atoms with Crippen molar-refractivity contribution < 1.29 is 5.11 Å². The van der Waals surface area contributed by atoms with Crippen LogP contribution in [0.4, 0.5) is 0 Å². The zero-order valence-corrected chi connectivity index (χ0v) is 12.2. The van der Waals surface area contributed by atoms with Gasteiger partial charge in [-0.3, -0.25) is 4.98 Å². The number of aliphatic hydroxyl groups excluding tert-OH is 1. The second-order valence-electron chi connectivity index (χ2n) is 5.25. The van der Waals surface area contributed by atoms with E-state index in [0.29, 0.717) is 6.42 Å². The van der Waals surface area contributed by atoms with Gasteiger partial charge in [-0.1, -0.05) is 48.2 Å². The molecule has 0 radical (unpaired) electrons. The Labute approximate surface area is 130 Å². The number of aliphatic hydroxyl groups is 1. The molecular weight excluding hydrogens is 270 g/mol. The molecule has 2 nitrogen and oxygen atoms in total. The Balaban J connectivity index is 1.65. The highest BCUT2D eigenvalue weighted by atomic mass is 16.3. The minimum absolute atomic E-state index is 0.617. The van der Waals surface area contributed by atoms with Crippen molar-refractivity contribution >= 4 is 10.8 Å². The van der Waals surface area contributed by atoms with Gasteiger partial charge in [0, 0.05) is 18.0 Å². The predicted octanol–water partition coefficient (Wildman–Crippen LogP) is 3.58. The molecule has 2 aromatic carbocycles. The van der Waals surface area contributed by atoms with Gasteiger partial charge in [0.15, 0.2) is 0 Å². The molecule has 0 saturated carbocycles. The summed E-state index contributed by atoms with van der Waals surface area (Å²) >= 11 is 0. The number of nitrogens with zero attached hydrogens (tertiary/aromatic N) is 1. The van der Waals surface area contributed by atoms with E-state index >= 15 is 0 Å². The molecule has 0 aliphatic carbocycles. The highest BCUT2D eigenvalue weighted by Crippen LogP contribution is 2.15. The smallest absolute Gasteiger partial charge is 0.115 e. The van der Waals surface area contributed by atoms with Gasteiger partial charge in [-0.15, -0.1) is 0 Å². The Kier molecular flexibility index (Phi) is 4.48. The minimum Gasteiger partial charge on any atom is -0.380 e. The lowest BCUT2D eigenvalue weighted by atomic mass is 10.1. The lowest BCUT2D eigenvalue weighted by Gasteiger charge is -2.03. The fourth-order valence-corrected chi connectivity index (χ4v) is 2.36. The summed E-state index contributed by atoms with van der Waals surface area (Å²) in [5.41, 5.74) is 2.05. The van der Waals surface area contributed by atoms with Crippen LogP contribution in [0.25, 0.3) is 10.8 Å². The molecule has 1 aromatic heterocycles. The Morgan fingerprint density at radius 2 is 1.86 bits per heavy atom. The molecular formula is C20H17NO. The summed E-state index contributed by atoms with van der Waals surface area (Å²) < 4.78 is 0. The summed E-state index contributed by atoms with van der Waals surface area (Å²) in [7, 11) is 0. The molecule has 0 spiro atoms. The molecule has 0 aliphatic heterocycles. The van der Waals surface area contributed by atoms with Gasteiger partial charge in [0.1, 0.15) is 6.10 Å². The van der Waals surface area contributed by atoms with Crippen molar-refractivity contribution in [2.75, 3.05) is 0 Å². The summed E-state index contributed by atoms with van der Waals surface area (Å²) in [5.74, 6) is 5.98. The average molecular weight is 287 g/mol. The lowest BCUT2D eigenvalue weighted by Crippen LogP contribution is -2.04. The Hall–Kier alpha value is -2.63. The topological polar surface area (TPSA) is 33.1 Å². The van der Waals surface area contributed by atoms with Crippen LogP contribution >= 0.6 is 0 Å². The predicted molar refractivity (Wildman–Crippen MR) is 89.4 cm³/mol. The highest BCUT2D eigenvalue weighted by Gasteiger charge is 2.00. The molecule has 1 heterocycles. The van der Waals surface area contributed by atoms with E-state index in [1.54, 1.807) is 6.20 Å². The van der Waals surface area contributed by atoms with Gasteiger partial charge >= 0.3 is 0 Å². The number of rotatable bonds is 3. The van der Waals surface area contributed by atoms with Crippen molar-refractivity contribution in [3.63, 3.8) is 0 Å². The summed E-state index contributed by atoms with van der Waals surface area (Å²) in [5, 5.41) is 12.4. The van der Waals surface area contributed by atoms with Crippen LogP contribution in [0.15, 0.2) is 67.0 Å². The number of hydrogen-bond acceptors (Lipinski definition) is 2. The number of hydrogen-bond donors (Lipinski definition) is 1. The normalized spacial score (nSPS) is 11.7. The molecule has 0 bridgehead atoms. The van der Waals surface area contributed by atoms with E-state index in [9.17, 15) is 5.11 Å². The second-order valence-corrected chi connectivity index (χ2v) is 5.25. The van der Waals surface area contributed by atoms with Gasteiger partial charge in [-0.2, -0.15) is 0 Å². The van der Waals surface area contributed by atoms with E-state index in [-0.39, 0.29) is 0 Å². The SMILES string of the molecule is OC(C#Cc1ccc2ccccc2c1)CCc1cccnc1. The molecule has 108 valence electrons. The van der Waals surface area contributed by atoms with Gasteiger partial charge in [-0.25, -0.2) is 0 Å². The van der Waals surface area contributed by atoms with Crippen molar-refractivity contribution in [2.24, 2.45) is 0 Å². The first kappa shape index (κ1) is 14.3. The average Bonchev–Trinajstić information content (AvgIpc) is 2.59. The standard InChI is InChI=1S/C20H17NO/c22-20(12-9-17-4-3-13-21-15-17)11-8-16-7-10-18-5-1-2-6-19(18)14-16/h1-7,10,13-15,20,22H,9,12H2. The van der Waals surface area contributed by atoms with Crippen molar-refractivity contribution in [1.29, 1.82) is 0 Å². The fraction of sp³-hybridized carbons (Fsp3) is 0.150. The van der Waals surface area contributed by atoms with Crippen molar-refractivity contribution in [3.05, 3.63) is 78.1 Å². The van der Waals surface area contributed by atoms with E-state index < -0.39 is 6.10 Å². The molecule has 1 N–H and O–H groups in total. The van der Waals surface area contributed by atoms with Crippen molar-refractivity contribution in [1.82, 2.24) is 4.98 Å². The molecule has 2 heteroatoms. The number of fused-ring (bicyclic) bond motifs is 1. The summed E-state index contributed by atoms with van der Waals surface area (Å²) in [6.45, 7) is 0. The van der Waals surface area contributed by atoms with Crippen LogP contribution in [0, 0.1) is 11.8 Å². The number of benzene rings is 2. The van der Waals surface area contributed by atoms with E-state index in [1.807, 2.05) is 36.5 Å². The van der Waals surface area contributed by atoms with E-state index in [1.165, 1.54) is 10.8 Å². The second kappa shape index (κ2) is 6.89. The van der Waals surface area contributed by atoms with Gasteiger partial charge in [0.25, 0.3) is 0 Å². The van der Waals surface area contributed by atoms with Crippen LogP contribution in [0.5, 0.6) is 0 Å². The first-order chi connectivity index (χ1) is 10.8. The maximum atomic E-state index is 9.99. The third-order valence-electron chi connectivity index (χ3n) is 3.56. The lowest BCUT2D eigenvalue weighted by molar-refractivity contribution is 0.222. The largest absolute Gasteiger partial charge is 0.380 e. The Morgan fingerprint density at radius 3 is 2.68 bits per heavy atom. The first-order valence-electron chi connectivity index (χ1n) is 7.38. The molecule has 0 saturated heterocycles. The maximum absolute atomic E-state index is 9.99. The van der Waals surface area contributed by atoms with Crippen LogP contribution in [-0.4, -0.2) is 16.2 Å². The van der Waals surface area contributed by atoms with Crippen LogP contribution in [0.1, 0.15) is 17.5 Å². The number of pyridine rings is 1. The van der Waals surface area contributed by atoms with Crippen LogP contribution < -0.4 is 0 Å². The Bertz CT molecular complexity index is 815. The third-order valence-corrected chi connectivity index (χ3v) is 3.56. The maximum Gasteiger partial charge on any atom is 0.115 e. The molecule has 0 fully saturated rings. The molecule has 0 amide bonds. The zero-order valence-electron chi connectivity index (χ0n) is 12.2. The van der Waals surface area contributed by atoms with E-state index in [2.05, 4.69) is 41.1 Å². The minimum atomic E-state index is -0.619. The third kappa shape index (κ3) is 3.72. The van der Waals surface area contributed by atoms with Gasteiger partial charge in [0.2, 0.25) is 0 Å². The molecule has 0 aliphatic rings.